The van der Waals surface area contributed by atoms with Crippen LogP contribution in [0.15, 0.2) is 60.8 Å². The number of likely N-dealkylation sites (N-methyl/N-ethyl adjacent to an activating group) is 1. The highest BCUT2D eigenvalue weighted by Crippen LogP contribution is 2.16. The molecule has 0 aromatic rings. The lowest BCUT2D eigenvalue weighted by Crippen LogP contribution is -2.44. The van der Waals surface area contributed by atoms with E-state index in [0.29, 0.717) is 17.4 Å². The summed E-state index contributed by atoms with van der Waals surface area (Å²) in [6.45, 7) is 4.66. The normalized spacial score (nSPS) is 13.2. The minimum atomic E-state index is -1.62. The number of ether oxygens (including phenoxy) is 4. The van der Waals surface area contributed by atoms with Gasteiger partial charge in [-0.1, -0.05) is 229 Å². The molecule has 0 saturated heterocycles. The van der Waals surface area contributed by atoms with Crippen LogP contribution in [0, 0.1) is 0 Å². The van der Waals surface area contributed by atoms with Crippen molar-refractivity contribution in [2.75, 3.05) is 47.5 Å². The number of carboxylic acids is 1. The predicted molar refractivity (Wildman–Crippen MR) is 297 cm³/mol. The molecule has 0 aromatic carbocycles. The quantitative estimate of drug-likeness (QED) is 0.0195. The molecule has 412 valence electrons. The topological polar surface area (TPSA) is 111 Å². The highest BCUT2D eigenvalue weighted by Gasteiger charge is 2.22. The first-order chi connectivity index (χ1) is 34.6. The third-order valence-corrected chi connectivity index (χ3v) is 12.7. The smallest absolute Gasteiger partial charge is 0.306 e. The zero-order valence-corrected chi connectivity index (χ0v) is 46.8. The molecule has 0 rings (SSSR count). The van der Waals surface area contributed by atoms with Gasteiger partial charge < -0.3 is 33.3 Å². The number of quaternary nitrogens is 1. The van der Waals surface area contributed by atoms with Crippen LogP contribution in [-0.4, -0.2) is 82.3 Å². The van der Waals surface area contributed by atoms with Crippen molar-refractivity contribution >= 4 is 17.9 Å². The zero-order chi connectivity index (χ0) is 52.0. The van der Waals surface area contributed by atoms with Crippen molar-refractivity contribution in [3.05, 3.63) is 60.8 Å². The molecule has 0 saturated carbocycles. The zero-order valence-electron chi connectivity index (χ0n) is 46.8. The Morgan fingerprint density at radius 1 is 0.423 bits per heavy atom. The molecule has 2 atom stereocenters. The van der Waals surface area contributed by atoms with Gasteiger partial charge in [0.15, 0.2) is 12.4 Å². The van der Waals surface area contributed by atoms with Gasteiger partial charge in [-0.2, -0.15) is 0 Å². The maximum Gasteiger partial charge on any atom is 0.306 e. The van der Waals surface area contributed by atoms with E-state index in [2.05, 4.69) is 74.6 Å². The van der Waals surface area contributed by atoms with Gasteiger partial charge in [-0.05, 0) is 77.0 Å². The Kier molecular flexibility index (Phi) is 51.0. The van der Waals surface area contributed by atoms with E-state index in [9.17, 15) is 19.5 Å². The number of rotatable bonds is 54. The van der Waals surface area contributed by atoms with Crippen LogP contribution in [0.4, 0.5) is 0 Å². The van der Waals surface area contributed by atoms with Crippen LogP contribution in [0.1, 0.15) is 258 Å². The van der Waals surface area contributed by atoms with E-state index in [4.69, 9.17) is 18.9 Å². The highest BCUT2D eigenvalue weighted by atomic mass is 16.7. The molecular weight excluding hydrogens is 887 g/mol. The number of unbranched alkanes of at least 4 members (excludes halogenated alkanes) is 29. The summed E-state index contributed by atoms with van der Waals surface area (Å²) in [5.41, 5.74) is 0. The van der Waals surface area contributed by atoms with Crippen LogP contribution in [0.2, 0.25) is 0 Å². The second kappa shape index (κ2) is 53.3. The highest BCUT2D eigenvalue weighted by molar-refractivity contribution is 5.70. The Bertz CT molecular complexity index is 1350. The van der Waals surface area contributed by atoms with E-state index in [0.717, 1.165) is 77.0 Å². The second-order valence-corrected chi connectivity index (χ2v) is 20.9. The van der Waals surface area contributed by atoms with Crippen molar-refractivity contribution in [1.82, 2.24) is 0 Å². The summed E-state index contributed by atoms with van der Waals surface area (Å²) in [7, 11) is 5.91. The predicted octanol–water partition coefficient (Wildman–Crippen LogP) is 15.9. The molecule has 0 spiro atoms. The number of nitrogens with zero attached hydrogens (tertiary/aromatic N) is 1. The van der Waals surface area contributed by atoms with Crippen LogP contribution in [0.25, 0.3) is 0 Å². The van der Waals surface area contributed by atoms with E-state index in [-0.39, 0.29) is 38.6 Å². The molecule has 0 aliphatic heterocycles. The van der Waals surface area contributed by atoms with Crippen LogP contribution in [0.5, 0.6) is 0 Å². The minimum absolute atomic E-state index is 0.145. The molecule has 0 amide bonds. The van der Waals surface area contributed by atoms with Crippen molar-refractivity contribution < 1.29 is 42.9 Å². The van der Waals surface area contributed by atoms with Crippen molar-refractivity contribution in [2.24, 2.45) is 0 Å². The fraction of sp³-hybridized carbons (Fsp3) is 0.790. The third-order valence-electron chi connectivity index (χ3n) is 12.7. The molecular formula is C62H111NO8. The monoisotopic (exact) mass is 998 g/mol. The van der Waals surface area contributed by atoms with Gasteiger partial charge in [-0.25, -0.2) is 0 Å². The number of hydrogen-bond donors (Lipinski definition) is 0. The Hall–Kier alpha value is -3.01. The first-order valence-corrected chi connectivity index (χ1v) is 29.4. The van der Waals surface area contributed by atoms with Gasteiger partial charge >= 0.3 is 11.9 Å². The average Bonchev–Trinajstić information content (AvgIpc) is 3.34. The summed E-state index contributed by atoms with van der Waals surface area (Å²) in [4.78, 5) is 37.2. The fourth-order valence-electron chi connectivity index (χ4n) is 8.17. The Balaban J connectivity index is 4.08. The van der Waals surface area contributed by atoms with Gasteiger partial charge in [0.25, 0.3) is 0 Å². The third kappa shape index (κ3) is 54.6. The standard InChI is InChI=1S/C62H111NO8/c1-6-8-10-12-14-16-18-20-21-22-23-24-25-26-27-28-29-30-31-32-33-34-35-36-37-38-39-41-43-45-47-49-51-53-60(65)71-58(57-70-62(61(66)67)68-55-54-63(3,4)5)56-69-59(64)52-50-48-46-44-42-40-19-17-15-13-11-9-7-2/h11,13,17-20,22-23,25-26,58,62H,6-10,12,14-16,21,24,27-57H2,1-5H3/b13-11-,19-17-,20-18-,23-22-,26-25-. The van der Waals surface area contributed by atoms with E-state index in [1.807, 2.05) is 21.1 Å². The number of aliphatic carboxylic acids is 1. The largest absolute Gasteiger partial charge is 0.545 e. The van der Waals surface area contributed by atoms with Gasteiger partial charge in [0.2, 0.25) is 0 Å². The van der Waals surface area contributed by atoms with Crippen molar-refractivity contribution in [1.29, 1.82) is 0 Å². The molecule has 9 nitrogen and oxygen atoms in total. The van der Waals surface area contributed by atoms with E-state index in [1.165, 1.54) is 148 Å². The lowest BCUT2D eigenvalue weighted by atomic mass is 10.0. The number of carbonyl (C=O) groups excluding carboxylic acids is 3. The van der Waals surface area contributed by atoms with Gasteiger partial charge in [0.05, 0.1) is 40.3 Å². The summed E-state index contributed by atoms with van der Waals surface area (Å²) >= 11 is 0. The number of allylic oxidation sites excluding steroid dienone is 10. The number of carbonyl (C=O) groups is 3. The molecule has 0 radical (unpaired) electrons. The molecule has 0 heterocycles. The molecule has 2 unspecified atom stereocenters. The Morgan fingerprint density at radius 2 is 0.789 bits per heavy atom. The second-order valence-electron chi connectivity index (χ2n) is 20.9. The number of esters is 2. The summed E-state index contributed by atoms with van der Waals surface area (Å²) in [6.07, 6.45) is 64.3. The van der Waals surface area contributed by atoms with Crippen molar-refractivity contribution in [3.8, 4) is 0 Å². The molecule has 0 aliphatic rings. The summed E-state index contributed by atoms with van der Waals surface area (Å²) < 4.78 is 22.6. The van der Waals surface area contributed by atoms with E-state index in [1.54, 1.807) is 0 Å². The number of carboxylic acid groups (broad SMARTS) is 1. The van der Waals surface area contributed by atoms with Crippen LogP contribution in [0.3, 0.4) is 0 Å². The maximum atomic E-state index is 12.8. The number of hydrogen-bond acceptors (Lipinski definition) is 8. The van der Waals surface area contributed by atoms with Gasteiger partial charge in [0, 0.05) is 12.8 Å². The summed E-state index contributed by atoms with van der Waals surface area (Å²) in [6, 6.07) is 0. The lowest BCUT2D eigenvalue weighted by molar-refractivity contribution is -0.870. The molecule has 0 N–H and O–H groups in total. The van der Waals surface area contributed by atoms with Gasteiger partial charge in [0.1, 0.15) is 13.2 Å². The fourth-order valence-corrected chi connectivity index (χ4v) is 8.17. The summed E-state index contributed by atoms with van der Waals surface area (Å²) in [5.74, 6) is -2.30. The van der Waals surface area contributed by atoms with Gasteiger partial charge in [-0.15, -0.1) is 0 Å². The van der Waals surface area contributed by atoms with E-state index < -0.39 is 24.3 Å². The van der Waals surface area contributed by atoms with Crippen molar-refractivity contribution in [3.63, 3.8) is 0 Å². The molecule has 0 fully saturated rings. The molecule has 0 aliphatic carbocycles. The first kappa shape index (κ1) is 68.0. The van der Waals surface area contributed by atoms with E-state index >= 15 is 0 Å². The van der Waals surface area contributed by atoms with Gasteiger partial charge in [-0.3, -0.25) is 9.59 Å². The SMILES string of the molecule is CCC/C=C\C/C=C\CCCCCCCC(=O)OCC(COC(OCC[N+](C)(C)C)C(=O)[O-])OC(=O)CCCCCCCCCCCCCCCCCCCC/C=C\C/C=C\C/C=C\CCCCCCC. The molecule has 0 aromatic heterocycles. The lowest BCUT2D eigenvalue weighted by Gasteiger charge is -2.26. The Morgan fingerprint density at radius 3 is 1.18 bits per heavy atom. The average molecular weight is 999 g/mol. The molecule has 0 bridgehead atoms. The molecule has 9 heteroatoms. The van der Waals surface area contributed by atoms with Crippen LogP contribution in [-0.2, 0) is 33.3 Å². The van der Waals surface area contributed by atoms with Crippen LogP contribution >= 0.6 is 0 Å². The maximum absolute atomic E-state index is 12.8. The Labute approximate surface area is 437 Å². The summed E-state index contributed by atoms with van der Waals surface area (Å²) in [5, 5.41) is 11.7. The van der Waals surface area contributed by atoms with Crippen molar-refractivity contribution in [2.45, 2.75) is 270 Å². The van der Waals surface area contributed by atoms with Crippen LogP contribution < -0.4 is 5.11 Å². The molecule has 71 heavy (non-hydrogen) atoms. The minimum Gasteiger partial charge on any atom is -0.545 e. The first-order valence-electron chi connectivity index (χ1n) is 29.4.